The largest absolute Gasteiger partial charge is 0.251 e. The summed E-state index contributed by atoms with van der Waals surface area (Å²) in [6, 6.07) is 12.3. The molecule has 1 aromatic carbocycles. The summed E-state index contributed by atoms with van der Waals surface area (Å²) in [6.07, 6.45) is 2.85. The van der Waals surface area contributed by atoms with Gasteiger partial charge in [-0.15, -0.1) is 0 Å². The summed E-state index contributed by atoms with van der Waals surface area (Å²) in [7, 11) is -1.43. The quantitative estimate of drug-likeness (QED) is 0.917. The smallest absolute Gasteiger partial charge is 0.0984 e. The molecule has 1 aliphatic carbocycles. The highest BCUT2D eigenvalue weighted by atomic mass is 32.2. The van der Waals surface area contributed by atoms with E-state index in [1.807, 2.05) is 50.3 Å². The number of rotatable bonds is 4. The second kappa shape index (κ2) is 5.28. The number of nitriles is 1. The first kappa shape index (κ1) is 14.0. The Labute approximate surface area is 116 Å². The van der Waals surface area contributed by atoms with Crippen LogP contribution in [0.5, 0.6) is 0 Å². The molecule has 0 saturated heterocycles. The topological polar surface area (TPSA) is 66.9 Å². The van der Waals surface area contributed by atoms with Crippen molar-refractivity contribution in [1.82, 2.24) is 0 Å². The van der Waals surface area contributed by atoms with Crippen LogP contribution in [0.1, 0.15) is 25.8 Å². The van der Waals surface area contributed by atoms with Crippen LogP contribution < -0.4 is 5.14 Å². The standard InChI is InChI=1S/C15H18N2OS/c1-15(2,19(17)18)9-14(13-8-12(13)10-16)11-6-4-3-5-7-11/h3-7,9,12-13H,8,17H2,1-2H3/t12-,13+,19?/m1/s1. The third kappa shape index (κ3) is 3.12. The molecule has 4 heteroatoms. The summed E-state index contributed by atoms with van der Waals surface area (Å²) in [5, 5.41) is 14.6. The third-order valence-corrected chi connectivity index (χ3v) is 4.64. The van der Waals surface area contributed by atoms with Crippen molar-refractivity contribution in [3.05, 3.63) is 42.0 Å². The average molecular weight is 274 g/mol. The van der Waals surface area contributed by atoms with Crippen molar-refractivity contribution in [2.24, 2.45) is 17.0 Å². The van der Waals surface area contributed by atoms with Crippen molar-refractivity contribution in [2.45, 2.75) is 25.0 Å². The number of allylic oxidation sites excluding steroid dienone is 1. The highest BCUT2D eigenvalue weighted by molar-refractivity contribution is 7.84. The van der Waals surface area contributed by atoms with Gasteiger partial charge in [0.15, 0.2) is 0 Å². The Morgan fingerprint density at radius 1 is 1.47 bits per heavy atom. The molecule has 0 aliphatic heterocycles. The predicted molar refractivity (Wildman–Crippen MR) is 78.0 cm³/mol. The summed E-state index contributed by atoms with van der Waals surface area (Å²) < 4.78 is 11.0. The normalized spacial score (nSPS) is 24.6. The van der Waals surface area contributed by atoms with Crippen molar-refractivity contribution in [3.8, 4) is 6.07 Å². The first-order valence-corrected chi connectivity index (χ1v) is 7.51. The number of nitrogens with two attached hydrogens (primary N) is 1. The maximum atomic E-state index is 11.6. The summed E-state index contributed by atoms with van der Waals surface area (Å²) >= 11 is 0. The maximum Gasteiger partial charge on any atom is 0.0984 e. The number of benzene rings is 1. The fourth-order valence-corrected chi connectivity index (χ4v) is 2.39. The minimum Gasteiger partial charge on any atom is -0.251 e. The Morgan fingerprint density at radius 3 is 2.58 bits per heavy atom. The minimum atomic E-state index is -1.43. The van der Waals surface area contributed by atoms with Crippen molar-refractivity contribution in [1.29, 1.82) is 5.26 Å². The molecule has 0 bridgehead atoms. The molecule has 0 spiro atoms. The molecule has 0 aromatic heterocycles. The second-order valence-electron chi connectivity index (χ2n) is 5.44. The van der Waals surface area contributed by atoms with Crippen molar-refractivity contribution < 1.29 is 4.21 Å². The van der Waals surface area contributed by atoms with Crippen LogP contribution in [0.4, 0.5) is 0 Å². The highest BCUT2D eigenvalue weighted by Crippen LogP contribution is 2.48. The van der Waals surface area contributed by atoms with E-state index in [2.05, 4.69) is 6.07 Å². The zero-order valence-corrected chi connectivity index (χ0v) is 12.0. The summed E-state index contributed by atoms with van der Waals surface area (Å²) in [5.74, 6) is 0.323. The number of hydrogen-bond donors (Lipinski definition) is 1. The molecular formula is C15H18N2OS. The lowest BCUT2D eigenvalue weighted by Crippen LogP contribution is -2.30. The van der Waals surface area contributed by atoms with E-state index < -0.39 is 15.7 Å². The SMILES string of the molecule is CC(C)(C=C(c1ccccc1)[C@H]1C[C@@H]1C#N)S(N)=O. The molecule has 3 nitrogen and oxygen atoms in total. The van der Waals surface area contributed by atoms with E-state index in [0.717, 1.165) is 17.6 Å². The van der Waals surface area contributed by atoms with Gasteiger partial charge in [0.25, 0.3) is 0 Å². The lowest BCUT2D eigenvalue weighted by molar-refractivity contribution is 0.664. The molecule has 2 rings (SSSR count). The molecule has 1 aromatic rings. The van der Waals surface area contributed by atoms with Gasteiger partial charge in [0, 0.05) is 5.92 Å². The number of nitrogens with zero attached hydrogens (tertiary/aromatic N) is 1. The van der Waals surface area contributed by atoms with Crippen LogP contribution in [0, 0.1) is 23.2 Å². The Hall–Kier alpha value is -1.44. The Bertz CT molecular complexity index is 557. The van der Waals surface area contributed by atoms with E-state index in [0.29, 0.717) is 0 Å². The van der Waals surface area contributed by atoms with Gasteiger partial charge >= 0.3 is 0 Å². The molecule has 0 amide bonds. The van der Waals surface area contributed by atoms with E-state index in [-0.39, 0.29) is 11.8 Å². The van der Waals surface area contributed by atoms with E-state index in [9.17, 15) is 4.21 Å². The molecule has 1 saturated carbocycles. The summed E-state index contributed by atoms with van der Waals surface area (Å²) in [4.78, 5) is 0. The lowest BCUT2D eigenvalue weighted by Gasteiger charge is -2.19. The fourth-order valence-electron chi connectivity index (χ4n) is 2.15. The molecule has 1 unspecified atom stereocenters. The van der Waals surface area contributed by atoms with E-state index in [4.69, 9.17) is 10.4 Å². The molecule has 0 radical (unpaired) electrons. The van der Waals surface area contributed by atoms with Crippen LogP contribution in [0.2, 0.25) is 0 Å². The molecule has 100 valence electrons. The lowest BCUT2D eigenvalue weighted by atomic mass is 9.96. The van der Waals surface area contributed by atoms with Crippen LogP contribution in [-0.4, -0.2) is 8.96 Å². The third-order valence-electron chi connectivity index (χ3n) is 3.48. The highest BCUT2D eigenvalue weighted by Gasteiger charge is 2.41. The fraction of sp³-hybridized carbons (Fsp3) is 0.400. The zero-order valence-electron chi connectivity index (χ0n) is 11.2. The molecule has 3 atom stereocenters. The van der Waals surface area contributed by atoms with E-state index >= 15 is 0 Å². The van der Waals surface area contributed by atoms with E-state index in [1.54, 1.807) is 0 Å². The van der Waals surface area contributed by atoms with Gasteiger partial charge in [-0.1, -0.05) is 36.4 Å². The van der Waals surface area contributed by atoms with Crippen LogP contribution >= 0.6 is 0 Å². The van der Waals surface area contributed by atoms with Crippen LogP contribution in [0.15, 0.2) is 36.4 Å². The predicted octanol–water partition coefficient (Wildman–Crippen LogP) is 2.63. The minimum absolute atomic E-state index is 0.0773. The Kier molecular flexibility index (Phi) is 3.88. The second-order valence-corrected chi connectivity index (χ2v) is 7.09. The van der Waals surface area contributed by atoms with Crippen LogP contribution in [-0.2, 0) is 11.0 Å². The van der Waals surface area contributed by atoms with Gasteiger partial charge in [-0.2, -0.15) is 5.26 Å². The molecule has 1 aliphatic rings. The number of hydrogen-bond acceptors (Lipinski definition) is 2. The van der Waals surface area contributed by atoms with Gasteiger partial charge in [0.05, 0.1) is 27.7 Å². The average Bonchev–Trinajstić information content (AvgIpc) is 3.16. The molecule has 19 heavy (non-hydrogen) atoms. The maximum absolute atomic E-state index is 11.6. The van der Waals surface area contributed by atoms with Gasteiger partial charge in [-0.25, -0.2) is 4.21 Å². The van der Waals surface area contributed by atoms with Crippen molar-refractivity contribution >= 4 is 16.6 Å². The molecule has 2 N–H and O–H groups in total. The van der Waals surface area contributed by atoms with Crippen molar-refractivity contribution in [3.63, 3.8) is 0 Å². The van der Waals surface area contributed by atoms with Gasteiger partial charge in [0.1, 0.15) is 0 Å². The Balaban J connectivity index is 2.40. The van der Waals surface area contributed by atoms with Crippen LogP contribution in [0.25, 0.3) is 5.57 Å². The van der Waals surface area contributed by atoms with Crippen molar-refractivity contribution in [2.75, 3.05) is 0 Å². The van der Waals surface area contributed by atoms with Gasteiger partial charge < -0.3 is 0 Å². The molecule has 0 heterocycles. The summed E-state index contributed by atoms with van der Waals surface area (Å²) in [5.41, 5.74) is 2.18. The zero-order chi connectivity index (χ0) is 14.0. The van der Waals surface area contributed by atoms with Gasteiger partial charge in [-0.05, 0) is 31.4 Å². The first-order valence-electron chi connectivity index (χ1n) is 6.30. The van der Waals surface area contributed by atoms with Gasteiger partial charge in [-0.3, -0.25) is 5.14 Å². The monoisotopic (exact) mass is 274 g/mol. The van der Waals surface area contributed by atoms with Gasteiger partial charge in [0.2, 0.25) is 0 Å². The first-order chi connectivity index (χ1) is 8.95. The van der Waals surface area contributed by atoms with Crippen LogP contribution in [0.3, 0.4) is 0 Å². The molecular weight excluding hydrogens is 256 g/mol. The Morgan fingerprint density at radius 2 is 2.11 bits per heavy atom. The molecule has 1 fully saturated rings. The summed E-state index contributed by atoms with van der Waals surface area (Å²) in [6.45, 7) is 3.71. The van der Waals surface area contributed by atoms with E-state index in [1.165, 1.54) is 0 Å².